The van der Waals surface area contributed by atoms with Crippen LogP contribution in [0, 0.1) is 6.92 Å². The Labute approximate surface area is 111 Å². The molecule has 0 fully saturated rings. The number of halogens is 1. The quantitative estimate of drug-likeness (QED) is 0.455. The van der Waals surface area contributed by atoms with Gasteiger partial charge in [-0.15, -0.1) is 0 Å². The molecule has 0 aliphatic heterocycles. The Kier molecular flexibility index (Phi) is 2.96. The lowest BCUT2D eigenvalue weighted by molar-refractivity contribution is 0.709. The number of rotatable bonds is 0. The first-order valence-corrected chi connectivity index (χ1v) is 7.34. The van der Waals surface area contributed by atoms with E-state index in [4.69, 9.17) is 0 Å². The van der Waals surface area contributed by atoms with Crippen molar-refractivity contribution in [2.45, 2.75) is 37.4 Å². The van der Waals surface area contributed by atoms with E-state index in [1.807, 2.05) is 0 Å². The van der Waals surface area contributed by atoms with Gasteiger partial charge in [0, 0.05) is 4.83 Å². The smallest absolute Gasteiger partial charge is 0.0398 e. The lowest BCUT2D eigenvalue weighted by atomic mass is 9.92. The van der Waals surface area contributed by atoms with Gasteiger partial charge in [0.2, 0.25) is 0 Å². The van der Waals surface area contributed by atoms with Crippen molar-refractivity contribution in [3.8, 4) is 0 Å². The maximum Gasteiger partial charge on any atom is 0.0398 e. The molecule has 0 saturated carbocycles. The molecule has 88 valence electrons. The highest BCUT2D eigenvalue weighted by molar-refractivity contribution is 9.09. The molecule has 1 aliphatic carbocycles. The Hall–Kier alpha value is -0.820. The molecule has 2 aromatic rings. The zero-order valence-corrected chi connectivity index (χ0v) is 11.8. The summed E-state index contributed by atoms with van der Waals surface area (Å²) in [6.07, 6.45) is 5.16. The molecule has 0 spiro atoms. The monoisotopic (exact) mass is 288 g/mol. The van der Waals surface area contributed by atoms with Crippen molar-refractivity contribution in [2.75, 3.05) is 0 Å². The summed E-state index contributed by atoms with van der Waals surface area (Å²) in [7, 11) is 0. The standard InChI is InChI=1S/C16H17Br/c1-11-10-15-14(8-4-5-9-16(15)17)13-7-3-2-6-12(11)13/h2-3,6-7,10,16H,4-5,8-9H2,1H3. The summed E-state index contributed by atoms with van der Waals surface area (Å²) in [4.78, 5) is 0.545. The normalized spacial score (nSPS) is 20.0. The van der Waals surface area contributed by atoms with Gasteiger partial charge in [0.05, 0.1) is 0 Å². The SMILES string of the molecule is Cc1cc2c(c3ccccc13)CCCCC2Br. The van der Waals surface area contributed by atoms with Crippen molar-refractivity contribution in [1.82, 2.24) is 0 Å². The summed E-state index contributed by atoms with van der Waals surface area (Å²) in [6.45, 7) is 2.23. The maximum absolute atomic E-state index is 3.86. The summed E-state index contributed by atoms with van der Waals surface area (Å²) in [5.74, 6) is 0. The molecule has 0 heterocycles. The predicted octanol–water partition coefficient (Wildman–Crippen LogP) is 5.31. The van der Waals surface area contributed by atoms with Crippen LogP contribution in [0.15, 0.2) is 30.3 Å². The summed E-state index contributed by atoms with van der Waals surface area (Å²) < 4.78 is 0. The molecule has 0 nitrogen and oxygen atoms in total. The van der Waals surface area contributed by atoms with E-state index in [2.05, 4.69) is 53.2 Å². The van der Waals surface area contributed by atoms with Crippen molar-refractivity contribution in [2.24, 2.45) is 0 Å². The van der Waals surface area contributed by atoms with Crippen LogP contribution in [0.25, 0.3) is 10.8 Å². The van der Waals surface area contributed by atoms with Crippen molar-refractivity contribution in [3.63, 3.8) is 0 Å². The average Bonchev–Trinajstić information content (AvgIpc) is 2.53. The van der Waals surface area contributed by atoms with E-state index < -0.39 is 0 Å². The molecule has 3 rings (SSSR count). The zero-order chi connectivity index (χ0) is 11.8. The minimum atomic E-state index is 0.545. The van der Waals surface area contributed by atoms with Crippen molar-refractivity contribution in [3.05, 3.63) is 47.0 Å². The number of benzene rings is 2. The van der Waals surface area contributed by atoms with E-state index >= 15 is 0 Å². The Morgan fingerprint density at radius 3 is 2.71 bits per heavy atom. The van der Waals surface area contributed by atoms with Crippen LogP contribution in [0.5, 0.6) is 0 Å². The topological polar surface area (TPSA) is 0 Å². The van der Waals surface area contributed by atoms with Crippen LogP contribution in [-0.2, 0) is 6.42 Å². The van der Waals surface area contributed by atoms with Crippen molar-refractivity contribution in [1.29, 1.82) is 0 Å². The number of hydrogen-bond acceptors (Lipinski definition) is 0. The van der Waals surface area contributed by atoms with E-state index in [0.29, 0.717) is 4.83 Å². The second-order valence-corrected chi connectivity index (χ2v) is 6.13. The molecule has 1 unspecified atom stereocenters. The summed E-state index contributed by atoms with van der Waals surface area (Å²) in [5.41, 5.74) is 4.51. The summed E-state index contributed by atoms with van der Waals surface area (Å²) >= 11 is 3.86. The first kappa shape index (κ1) is 11.3. The van der Waals surface area contributed by atoms with E-state index in [0.717, 1.165) is 0 Å². The molecule has 0 saturated heterocycles. The molecule has 0 N–H and O–H groups in total. The van der Waals surface area contributed by atoms with E-state index in [1.54, 1.807) is 5.56 Å². The molecular formula is C16H17Br. The summed E-state index contributed by atoms with van der Waals surface area (Å²) in [6, 6.07) is 11.2. The molecule has 0 bridgehead atoms. The highest BCUT2D eigenvalue weighted by Crippen LogP contribution is 2.39. The lowest BCUT2D eigenvalue weighted by Crippen LogP contribution is -1.96. The minimum Gasteiger partial charge on any atom is -0.0839 e. The summed E-state index contributed by atoms with van der Waals surface area (Å²) in [5, 5.41) is 2.89. The zero-order valence-electron chi connectivity index (χ0n) is 10.2. The highest BCUT2D eigenvalue weighted by atomic mass is 79.9. The second kappa shape index (κ2) is 4.45. The Bertz CT molecular complexity index is 557. The Morgan fingerprint density at radius 2 is 1.88 bits per heavy atom. The first-order valence-electron chi connectivity index (χ1n) is 6.42. The van der Waals surface area contributed by atoms with E-state index in [1.165, 1.54) is 47.6 Å². The van der Waals surface area contributed by atoms with E-state index in [9.17, 15) is 0 Å². The van der Waals surface area contributed by atoms with Gasteiger partial charge in [-0.25, -0.2) is 0 Å². The van der Waals surface area contributed by atoms with Gasteiger partial charge in [0.25, 0.3) is 0 Å². The third-order valence-electron chi connectivity index (χ3n) is 3.87. The van der Waals surface area contributed by atoms with Gasteiger partial charge < -0.3 is 0 Å². The number of fused-ring (bicyclic) bond motifs is 3. The average molecular weight is 289 g/mol. The molecule has 0 aromatic heterocycles. The van der Waals surface area contributed by atoms with Crippen LogP contribution in [-0.4, -0.2) is 0 Å². The van der Waals surface area contributed by atoms with E-state index in [-0.39, 0.29) is 0 Å². The van der Waals surface area contributed by atoms with Crippen molar-refractivity contribution < 1.29 is 0 Å². The van der Waals surface area contributed by atoms with Crippen LogP contribution in [0.4, 0.5) is 0 Å². The van der Waals surface area contributed by atoms with Crippen LogP contribution in [0.1, 0.15) is 40.8 Å². The molecule has 0 radical (unpaired) electrons. The van der Waals surface area contributed by atoms with Crippen LogP contribution < -0.4 is 0 Å². The van der Waals surface area contributed by atoms with Gasteiger partial charge in [-0.2, -0.15) is 0 Å². The fraction of sp³-hybridized carbons (Fsp3) is 0.375. The maximum atomic E-state index is 3.86. The number of aryl methyl sites for hydroxylation is 2. The van der Waals surface area contributed by atoms with Crippen LogP contribution in [0.2, 0.25) is 0 Å². The molecule has 1 atom stereocenters. The first-order chi connectivity index (χ1) is 8.27. The van der Waals surface area contributed by atoms with Crippen molar-refractivity contribution >= 4 is 26.7 Å². The molecular weight excluding hydrogens is 272 g/mol. The molecule has 1 heteroatoms. The molecule has 17 heavy (non-hydrogen) atoms. The third-order valence-corrected chi connectivity index (χ3v) is 4.82. The number of hydrogen-bond donors (Lipinski definition) is 0. The van der Waals surface area contributed by atoms with Gasteiger partial charge >= 0.3 is 0 Å². The molecule has 1 aliphatic rings. The van der Waals surface area contributed by atoms with Gasteiger partial charge in [0.15, 0.2) is 0 Å². The molecule has 0 amide bonds. The van der Waals surface area contributed by atoms with Gasteiger partial charge in [-0.3, -0.25) is 0 Å². The minimum absolute atomic E-state index is 0.545. The number of alkyl halides is 1. The fourth-order valence-electron chi connectivity index (χ4n) is 2.98. The largest absolute Gasteiger partial charge is 0.0839 e. The van der Waals surface area contributed by atoms with Gasteiger partial charge in [-0.1, -0.05) is 52.7 Å². The highest BCUT2D eigenvalue weighted by Gasteiger charge is 2.18. The van der Waals surface area contributed by atoms with Crippen LogP contribution in [0.3, 0.4) is 0 Å². The second-order valence-electron chi connectivity index (χ2n) is 5.02. The Balaban J connectivity index is 2.34. The third kappa shape index (κ3) is 1.91. The van der Waals surface area contributed by atoms with Gasteiger partial charge in [0.1, 0.15) is 0 Å². The fourth-order valence-corrected chi connectivity index (χ4v) is 3.72. The lowest BCUT2D eigenvalue weighted by Gasteiger charge is -2.16. The van der Waals surface area contributed by atoms with Crippen LogP contribution >= 0.6 is 15.9 Å². The van der Waals surface area contributed by atoms with Gasteiger partial charge in [-0.05, 0) is 53.6 Å². The molecule has 2 aromatic carbocycles. The Morgan fingerprint density at radius 1 is 1.12 bits per heavy atom. The predicted molar refractivity (Wildman–Crippen MR) is 77.9 cm³/mol.